The van der Waals surface area contributed by atoms with Gasteiger partial charge >= 0.3 is 12.4 Å². The molecular weight excluding hydrogens is 525 g/mol. The third-order valence-corrected chi connectivity index (χ3v) is 6.40. The Labute approximate surface area is 183 Å². The number of alkyl halides is 7. The molecule has 4 nitrogen and oxygen atoms in total. The first-order valence-electron chi connectivity index (χ1n) is 9.13. The second-order valence-electron chi connectivity index (χ2n) is 7.17. The fourth-order valence-electron chi connectivity index (χ4n) is 3.41. The van der Waals surface area contributed by atoms with Gasteiger partial charge in [-0.05, 0) is 36.6 Å². The van der Waals surface area contributed by atoms with E-state index in [1.807, 2.05) is 0 Å². The summed E-state index contributed by atoms with van der Waals surface area (Å²) in [5, 5.41) is 6.96. The Bertz CT molecular complexity index is 855. The Kier molecular flexibility index (Phi) is 6.80. The van der Waals surface area contributed by atoms with E-state index < -0.39 is 23.6 Å². The van der Waals surface area contributed by atoms with Crippen LogP contribution in [-0.2, 0) is 18.9 Å². The van der Waals surface area contributed by atoms with Crippen LogP contribution < -0.4 is 4.90 Å². The third-order valence-electron chi connectivity index (χ3n) is 5.10. The molecule has 1 aromatic carbocycles. The van der Waals surface area contributed by atoms with Crippen molar-refractivity contribution in [2.45, 2.75) is 41.8 Å². The van der Waals surface area contributed by atoms with Gasteiger partial charge in [0.25, 0.3) is 0 Å². The minimum Gasteiger partial charge on any atom is -0.355 e. The molecule has 1 aromatic heterocycles. The summed E-state index contributed by atoms with van der Waals surface area (Å²) in [7, 11) is 1.76. The second kappa shape index (κ2) is 8.85. The van der Waals surface area contributed by atoms with Crippen LogP contribution in [0.3, 0.4) is 0 Å². The topological polar surface area (TPSA) is 32.3 Å². The molecule has 0 bridgehead atoms. The van der Waals surface area contributed by atoms with Crippen molar-refractivity contribution in [3.05, 3.63) is 53.2 Å². The number of likely N-dealkylation sites (tertiary alicyclic amines) is 1. The van der Waals surface area contributed by atoms with Crippen LogP contribution in [-0.4, -0.2) is 38.8 Å². The molecule has 0 N–H and O–H groups in total. The van der Waals surface area contributed by atoms with Gasteiger partial charge in [0.05, 0.1) is 9.61 Å². The van der Waals surface area contributed by atoms with Crippen molar-refractivity contribution in [2.75, 3.05) is 18.5 Å². The maximum atomic E-state index is 12.9. The lowest BCUT2D eigenvalue weighted by atomic mass is 10.0. The fourth-order valence-corrected chi connectivity index (χ4v) is 4.47. The van der Waals surface area contributed by atoms with E-state index in [0.29, 0.717) is 37.3 Å². The van der Waals surface area contributed by atoms with Crippen molar-refractivity contribution in [2.24, 2.45) is 0 Å². The highest BCUT2D eigenvalue weighted by Crippen LogP contribution is 2.32. The number of nitrogens with zero attached hydrogens (tertiary/aromatic N) is 4. The number of benzene rings is 1. The number of aromatic nitrogens is 2. The number of rotatable bonds is 4. The molecule has 0 saturated carbocycles. The molecule has 2 aromatic rings. The molecule has 1 saturated heterocycles. The number of halogens is 7. The molecule has 0 radical (unpaired) electrons. The molecule has 0 spiro atoms. The number of piperidine rings is 1. The molecule has 1 aliphatic heterocycles. The highest BCUT2D eigenvalue weighted by atomic mass is 127. The van der Waals surface area contributed by atoms with Gasteiger partial charge in [0, 0.05) is 26.2 Å². The van der Waals surface area contributed by atoms with E-state index in [4.69, 9.17) is 0 Å². The lowest BCUT2D eigenvalue weighted by Gasteiger charge is -2.40. The highest BCUT2D eigenvalue weighted by Gasteiger charge is 2.34. The Morgan fingerprint density at radius 3 is 2.37 bits per heavy atom. The van der Waals surface area contributed by atoms with Crippen LogP contribution in [0.5, 0.6) is 0 Å². The van der Waals surface area contributed by atoms with Crippen LogP contribution in [0.15, 0.2) is 36.4 Å². The van der Waals surface area contributed by atoms with Gasteiger partial charge in [0.1, 0.15) is 0 Å². The van der Waals surface area contributed by atoms with Crippen LogP contribution in [0, 0.1) is 0 Å². The average molecular weight is 544 g/mol. The van der Waals surface area contributed by atoms with Gasteiger partial charge in [-0.15, -0.1) is 10.2 Å². The zero-order valence-corrected chi connectivity index (χ0v) is 18.0. The molecule has 3 rings (SSSR count). The normalized spacial score (nSPS) is 20.9. The molecule has 0 amide bonds. The first-order valence-corrected chi connectivity index (χ1v) is 10.4. The Hall–Kier alpha value is -1.63. The predicted octanol–water partition coefficient (Wildman–Crippen LogP) is 5.38. The van der Waals surface area contributed by atoms with Crippen molar-refractivity contribution in [1.29, 1.82) is 0 Å². The molecule has 1 aliphatic rings. The first kappa shape index (κ1) is 23.0. The molecule has 2 heterocycles. The van der Waals surface area contributed by atoms with Crippen molar-refractivity contribution in [3.8, 4) is 0 Å². The molecule has 2 atom stereocenters. The Morgan fingerprint density at radius 2 is 1.80 bits per heavy atom. The zero-order chi connectivity index (χ0) is 22.1. The van der Waals surface area contributed by atoms with Gasteiger partial charge < -0.3 is 4.90 Å². The largest absolute Gasteiger partial charge is 0.435 e. The van der Waals surface area contributed by atoms with Crippen LogP contribution >= 0.6 is 22.6 Å². The van der Waals surface area contributed by atoms with Crippen LogP contribution in [0.1, 0.15) is 29.7 Å². The molecule has 164 valence electrons. The molecule has 0 aliphatic carbocycles. The summed E-state index contributed by atoms with van der Waals surface area (Å²) in [5.41, 5.74) is -1.12. The predicted molar refractivity (Wildman–Crippen MR) is 108 cm³/mol. The summed E-state index contributed by atoms with van der Waals surface area (Å²) in [5.74, 6) is 0.350. The van der Waals surface area contributed by atoms with Gasteiger partial charge in [0.15, 0.2) is 11.5 Å². The summed E-state index contributed by atoms with van der Waals surface area (Å²) >= 11 is 2.25. The van der Waals surface area contributed by atoms with E-state index in [-0.39, 0.29) is 10.1 Å². The fraction of sp³-hybridized carbons (Fsp3) is 0.474. The minimum atomic E-state index is -4.54. The van der Waals surface area contributed by atoms with Gasteiger partial charge in [-0.25, -0.2) is 0 Å². The SMILES string of the molecule is CN(c1ccc(C(F)(F)F)nn1)C1CCN(Cc2cccc(C(F)(F)F)c2)C(I)C1. The van der Waals surface area contributed by atoms with E-state index in [0.717, 1.165) is 12.1 Å². The zero-order valence-electron chi connectivity index (χ0n) is 15.9. The van der Waals surface area contributed by atoms with E-state index in [9.17, 15) is 26.3 Å². The average Bonchev–Trinajstić information content (AvgIpc) is 2.68. The summed E-state index contributed by atoms with van der Waals surface area (Å²) in [6.07, 6.45) is -7.51. The Balaban J connectivity index is 1.62. The minimum absolute atomic E-state index is 0.0377. The van der Waals surface area contributed by atoms with Crippen molar-refractivity contribution in [3.63, 3.8) is 0 Å². The van der Waals surface area contributed by atoms with Crippen molar-refractivity contribution in [1.82, 2.24) is 15.1 Å². The summed E-state index contributed by atoms with van der Waals surface area (Å²) in [6, 6.07) is 7.54. The van der Waals surface area contributed by atoms with Gasteiger partial charge in [0.2, 0.25) is 0 Å². The molecule has 30 heavy (non-hydrogen) atoms. The van der Waals surface area contributed by atoms with E-state index in [1.165, 1.54) is 18.2 Å². The monoisotopic (exact) mass is 544 g/mol. The quantitative estimate of drug-likeness (QED) is 0.224. The van der Waals surface area contributed by atoms with Crippen molar-refractivity contribution >= 4 is 28.4 Å². The number of hydrogen-bond donors (Lipinski definition) is 0. The molecular formula is C19H19F6IN4. The van der Waals surface area contributed by atoms with Gasteiger partial charge in [-0.3, -0.25) is 4.90 Å². The summed E-state index contributed by atoms with van der Waals surface area (Å²) in [6.45, 7) is 1.04. The van der Waals surface area contributed by atoms with Gasteiger partial charge in [-0.2, -0.15) is 26.3 Å². The van der Waals surface area contributed by atoms with E-state index >= 15 is 0 Å². The van der Waals surface area contributed by atoms with Crippen molar-refractivity contribution < 1.29 is 26.3 Å². The van der Waals surface area contributed by atoms with Crippen LogP contribution in [0.2, 0.25) is 0 Å². The molecule has 1 fully saturated rings. The smallest absolute Gasteiger partial charge is 0.355 e. The van der Waals surface area contributed by atoms with Crippen LogP contribution in [0.25, 0.3) is 0 Å². The van der Waals surface area contributed by atoms with Gasteiger partial charge in [-0.1, -0.05) is 40.8 Å². The van der Waals surface area contributed by atoms with E-state index in [2.05, 4.69) is 37.7 Å². The number of hydrogen-bond acceptors (Lipinski definition) is 4. The number of anilines is 1. The summed E-state index contributed by atoms with van der Waals surface area (Å²) < 4.78 is 76.8. The first-order chi connectivity index (χ1) is 13.9. The molecule has 11 heteroatoms. The third kappa shape index (κ3) is 5.54. The lowest BCUT2D eigenvalue weighted by molar-refractivity contribution is -0.141. The maximum absolute atomic E-state index is 12.9. The standard InChI is InChI=1S/C19H19F6IN4/c1-29(17-6-5-15(27-28-17)19(23,24)25)14-7-8-30(16(26)10-14)11-12-3-2-4-13(9-12)18(20,21)22/h2-6,9,14,16H,7-8,10-11H2,1H3. The highest BCUT2D eigenvalue weighted by molar-refractivity contribution is 14.1. The second-order valence-corrected chi connectivity index (χ2v) is 8.60. The lowest BCUT2D eigenvalue weighted by Crippen LogP contribution is -2.46. The maximum Gasteiger partial charge on any atom is 0.435 e. The van der Waals surface area contributed by atoms with Crippen LogP contribution in [0.4, 0.5) is 32.2 Å². The molecule has 2 unspecified atom stereocenters. The summed E-state index contributed by atoms with van der Waals surface area (Å²) in [4.78, 5) is 3.90. The van der Waals surface area contributed by atoms with E-state index in [1.54, 1.807) is 18.0 Å². The Morgan fingerprint density at radius 1 is 1.07 bits per heavy atom.